The number of hydrogen-bond donors (Lipinski definition) is 1. The Balaban J connectivity index is 2.53. The molecule has 1 atom stereocenters. The number of hydrogen-bond acceptors (Lipinski definition) is 3. The molecule has 0 unspecified atom stereocenters. The average molecular weight is 374 g/mol. The quantitative estimate of drug-likeness (QED) is 0.808. The van der Waals surface area contributed by atoms with E-state index in [0.717, 1.165) is 20.6 Å². The third kappa shape index (κ3) is 2.75. The highest BCUT2D eigenvalue weighted by Gasteiger charge is 2.33. The van der Waals surface area contributed by atoms with Crippen molar-refractivity contribution in [3.63, 3.8) is 0 Å². The van der Waals surface area contributed by atoms with E-state index in [1.165, 1.54) is 0 Å². The second-order valence-corrected chi connectivity index (χ2v) is 7.05. The number of likely N-dealkylation sites (N-methyl/N-ethyl adjacent to an activating group) is 1. The molecule has 1 aliphatic rings. The highest BCUT2D eigenvalue weighted by molar-refractivity contribution is 9.10. The number of allylic oxidation sites excluding steroid dienone is 1. The van der Waals surface area contributed by atoms with Crippen molar-refractivity contribution in [2.45, 2.75) is 13.0 Å². The number of amides is 1. The minimum Gasteiger partial charge on any atom is -0.350 e. The summed E-state index contributed by atoms with van der Waals surface area (Å²) in [4.78, 5) is 17.0. The maximum Gasteiger partial charge on any atom is 0.253 e. The van der Waals surface area contributed by atoms with Gasteiger partial charge in [-0.1, -0.05) is 0 Å². The van der Waals surface area contributed by atoms with Crippen molar-refractivity contribution in [3.05, 3.63) is 32.1 Å². The lowest BCUT2D eigenvalue weighted by Crippen LogP contribution is -2.47. The molecule has 1 amide bonds. The molecule has 2 heterocycles. The summed E-state index contributed by atoms with van der Waals surface area (Å²) in [7, 11) is 5.39. The molecule has 0 saturated heterocycles. The number of thiocarbonyl (C=S) groups is 1. The maximum absolute atomic E-state index is 12.5. The smallest absolute Gasteiger partial charge is 0.253 e. The molecule has 0 radical (unpaired) electrons. The van der Waals surface area contributed by atoms with E-state index in [0.29, 0.717) is 5.11 Å². The number of carbonyl (C=O) groups excluding carboxylic acids is 1. The number of thiophene rings is 1. The Morgan fingerprint density at radius 2 is 2.20 bits per heavy atom. The summed E-state index contributed by atoms with van der Waals surface area (Å²) >= 11 is 10.4. The average Bonchev–Trinajstić information content (AvgIpc) is 2.81. The van der Waals surface area contributed by atoms with Crippen LogP contribution in [0.3, 0.4) is 0 Å². The molecule has 108 valence electrons. The van der Waals surface area contributed by atoms with Gasteiger partial charge in [-0.2, -0.15) is 0 Å². The molecule has 2 rings (SSSR count). The summed E-state index contributed by atoms with van der Waals surface area (Å²) in [6.07, 6.45) is 0. The van der Waals surface area contributed by atoms with Crippen LogP contribution in [0.1, 0.15) is 17.8 Å². The van der Waals surface area contributed by atoms with E-state index in [9.17, 15) is 4.79 Å². The zero-order chi connectivity index (χ0) is 15.0. The molecular formula is C13H16BrN3OS2. The summed E-state index contributed by atoms with van der Waals surface area (Å²) < 4.78 is 1.01. The normalized spacial score (nSPS) is 19.1. The summed E-state index contributed by atoms with van der Waals surface area (Å²) in [6.45, 7) is 1.93. The highest BCUT2D eigenvalue weighted by Crippen LogP contribution is 2.35. The highest BCUT2D eigenvalue weighted by atomic mass is 79.9. The summed E-state index contributed by atoms with van der Waals surface area (Å²) in [5.41, 5.74) is 1.63. The minimum absolute atomic E-state index is 0.00104. The van der Waals surface area contributed by atoms with Gasteiger partial charge in [0.1, 0.15) is 0 Å². The van der Waals surface area contributed by atoms with E-state index in [-0.39, 0.29) is 11.9 Å². The number of rotatable bonds is 2. The topological polar surface area (TPSA) is 35.6 Å². The van der Waals surface area contributed by atoms with Crippen molar-refractivity contribution in [3.8, 4) is 0 Å². The van der Waals surface area contributed by atoms with Gasteiger partial charge in [0.05, 0.1) is 11.6 Å². The van der Waals surface area contributed by atoms with E-state index < -0.39 is 0 Å². The van der Waals surface area contributed by atoms with Gasteiger partial charge in [0.2, 0.25) is 0 Å². The Bertz CT molecular complexity index is 594. The molecule has 0 spiro atoms. The Hall–Kier alpha value is -0.920. The van der Waals surface area contributed by atoms with Crippen LogP contribution in [0.2, 0.25) is 0 Å². The number of carbonyl (C=O) groups is 1. The monoisotopic (exact) mass is 373 g/mol. The van der Waals surface area contributed by atoms with Crippen LogP contribution in [0.15, 0.2) is 27.2 Å². The molecule has 1 N–H and O–H groups in total. The van der Waals surface area contributed by atoms with Gasteiger partial charge < -0.3 is 15.1 Å². The lowest BCUT2D eigenvalue weighted by atomic mass is 9.99. The first-order valence-corrected chi connectivity index (χ1v) is 8.11. The van der Waals surface area contributed by atoms with Gasteiger partial charge in [-0.15, -0.1) is 11.3 Å². The Morgan fingerprint density at radius 3 is 2.70 bits per heavy atom. The molecule has 0 saturated carbocycles. The first-order chi connectivity index (χ1) is 9.32. The van der Waals surface area contributed by atoms with Gasteiger partial charge in [-0.25, -0.2) is 0 Å². The van der Waals surface area contributed by atoms with Crippen LogP contribution in [-0.2, 0) is 4.79 Å². The minimum atomic E-state index is -0.190. The lowest BCUT2D eigenvalue weighted by molar-refractivity contribution is -0.125. The van der Waals surface area contributed by atoms with E-state index in [1.807, 2.05) is 30.3 Å². The third-order valence-corrected chi connectivity index (χ3v) is 5.41. The van der Waals surface area contributed by atoms with Crippen molar-refractivity contribution in [1.82, 2.24) is 15.1 Å². The summed E-state index contributed by atoms with van der Waals surface area (Å²) in [5.74, 6) is -0.00104. The van der Waals surface area contributed by atoms with Crippen LogP contribution in [0.25, 0.3) is 0 Å². The fourth-order valence-electron chi connectivity index (χ4n) is 2.05. The zero-order valence-corrected chi connectivity index (χ0v) is 14.9. The van der Waals surface area contributed by atoms with Gasteiger partial charge in [-0.05, 0) is 41.1 Å². The van der Waals surface area contributed by atoms with Crippen LogP contribution >= 0.6 is 39.5 Å². The standard InChI is InChI=1S/C13H16BrN3OS2/c1-7-10(12(18)16(2)3)11(15-13(19)17(7)4)9-5-8(14)6-20-9/h5-6,11H,1-4H3,(H,15,19)/t11-/m0/s1. The lowest BCUT2D eigenvalue weighted by Gasteiger charge is -2.36. The van der Waals surface area contributed by atoms with Crippen molar-refractivity contribution in [2.75, 3.05) is 21.1 Å². The van der Waals surface area contributed by atoms with Crippen molar-refractivity contribution < 1.29 is 4.79 Å². The Kier molecular flexibility index (Phi) is 4.51. The van der Waals surface area contributed by atoms with Gasteiger partial charge in [0.25, 0.3) is 5.91 Å². The predicted octanol–water partition coefficient (Wildman–Crippen LogP) is 2.73. The molecule has 1 aliphatic heterocycles. The van der Waals surface area contributed by atoms with Crippen molar-refractivity contribution >= 4 is 50.5 Å². The first-order valence-electron chi connectivity index (χ1n) is 6.03. The molecule has 1 aromatic heterocycles. The summed E-state index contributed by atoms with van der Waals surface area (Å²) in [6, 6.07) is 1.83. The van der Waals surface area contributed by atoms with Crippen molar-refractivity contribution in [1.29, 1.82) is 0 Å². The third-order valence-electron chi connectivity index (χ3n) is 3.26. The maximum atomic E-state index is 12.5. The van der Waals surface area contributed by atoms with Crippen LogP contribution in [0.4, 0.5) is 0 Å². The van der Waals surface area contributed by atoms with E-state index in [1.54, 1.807) is 30.3 Å². The molecule has 20 heavy (non-hydrogen) atoms. The van der Waals surface area contributed by atoms with Gasteiger partial charge in [-0.3, -0.25) is 4.79 Å². The first kappa shape index (κ1) is 15.5. The molecule has 0 bridgehead atoms. The number of halogens is 1. The van der Waals surface area contributed by atoms with Crippen molar-refractivity contribution in [2.24, 2.45) is 0 Å². The van der Waals surface area contributed by atoms with Gasteiger partial charge in [0, 0.05) is 41.6 Å². The predicted molar refractivity (Wildman–Crippen MR) is 89.7 cm³/mol. The second kappa shape index (κ2) is 5.83. The fourth-order valence-corrected chi connectivity index (χ4v) is 3.80. The largest absolute Gasteiger partial charge is 0.350 e. The molecule has 1 aromatic rings. The SMILES string of the molecule is CC1=C(C(=O)N(C)C)[C@H](c2cc(Br)cs2)NC(=S)N1C. The Morgan fingerprint density at radius 1 is 1.55 bits per heavy atom. The number of nitrogens with zero attached hydrogens (tertiary/aromatic N) is 2. The van der Waals surface area contributed by atoms with Crippen LogP contribution in [0, 0.1) is 0 Å². The van der Waals surface area contributed by atoms with E-state index >= 15 is 0 Å². The molecule has 0 aliphatic carbocycles. The van der Waals surface area contributed by atoms with Crippen LogP contribution in [-0.4, -0.2) is 42.0 Å². The number of nitrogens with one attached hydrogen (secondary N) is 1. The second-order valence-electron chi connectivity index (χ2n) is 4.81. The molecular weight excluding hydrogens is 358 g/mol. The van der Waals surface area contributed by atoms with E-state index in [2.05, 4.69) is 21.2 Å². The zero-order valence-electron chi connectivity index (χ0n) is 11.7. The molecule has 7 heteroatoms. The Labute approximate surface area is 136 Å². The van der Waals surface area contributed by atoms with Gasteiger partial charge >= 0.3 is 0 Å². The molecule has 0 fully saturated rings. The summed E-state index contributed by atoms with van der Waals surface area (Å²) in [5, 5.41) is 5.89. The fraction of sp³-hybridized carbons (Fsp3) is 0.385. The van der Waals surface area contributed by atoms with E-state index in [4.69, 9.17) is 12.2 Å². The molecule has 0 aromatic carbocycles. The molecule has 4 nitrogen and oxygen atoms in total. The van der Waals surface area contributed by atoms with Crippen LogP contribution in [0.5, 0.6) is 0 Å². The van der Waals surface area contributed by atoms with Crippen LogP contribution < -0.4 is 5.32 Å². The van der Waals surface area contributed by atoms with Gasteiger partial charge in [0.15, 0.2) is 5.11 Å².